The Hall–Kier alpha value is -3.69. The maximum atomic E-state index is 14.8. The summed E-state index contributed by atoms with van der Waals surface area (Å²) >= 11 is 0. The minimum absolute atomic E-state index is 0.133. The van der Waals surface area contributed by atoms with E-state index in [2.05, 4.69) is 4.98 Å². The lowest BCUT2D eigenvalue weighted by Gasteiger charge is -2.47. The number of ether oxygens (including phenoxy) is 5. The lowest BCUT2D eigenvalue weighted by molar-refractivity contribution is -0.295. The van der Waals surface area contributed by atoms with Gasteiger partial charge in [-0.05, 0) is 73.4 Å². The number of aliphatic hydroxyl groups excluding tert-OH is 1. The van der Waals surface area contributed by atoms with Gasteiger partial charge in [-0.25, -0.2) is 9.78 Å². The molecule has 0 radical (unpaired) electrons. The van der Waals surface area contributed by atoms with E-state index in [1.54, 1.807) is 25.1 Å². The summed E-state index contributed by atoms with van der Waals surface area (Å²) in [5.74, 6) is -4.89. The van der Waals surface area contributed by atoms with Crippen LogP contribution >= 0.6 is 0 Å². The van der Waals surface area contributed by atoms with Crippen molar-refractivity contribution in [1.29, 1.82) is 0 Å². The number of fused-ring (bicyclic) bond motifs is 1. The van der Waals surface area contributed by atoms with Gasteiger partial charge in [-0.1, -0.05) is 65.0 Å². The fourth-order valence-corrected chi connectivity index (χ4v) is 9.81. The van der Waals surface area contributed by atoms with Crippen LogP contribution in [0.1, 0.15) is 93.9 Å². The van der Waals surface area contributed by atoms with Gasteiger partial charge in [-0.2, -0.15) is 0 Å². The molecule has 3 aliphatic heterocycles. The quantitative estimate of drug-likeness (QED) is 0.153. The first-order chi connectivity index (χ1) is 27.9. The number of aryl methyl sites for hydroxylation is 1. The monoisotopic (exact) mass is 824 g/mol. The number of hydrogen-bond donors (Lipinski definition) is 1. The van der Waals surface area contributed by atoms with Gasteiger partial charge in [0.1, 0.15) is 23.9 Å². The Kier molecular flexibility index (Phi) is 15.2. The smallest absolute Gasteiger partial charge is 0.410 e. The largest absolute Gasteiger partial charge is 0.457 e. The lowest BCUT2D eigenvalue weighted by Crippen LogP contribution is -2.61. The topological polar surface area (TPSA) is 159 Å². The van der Waals surface area contributed by atoms with E-state index in [0.717, 1.165) is 17.7 Å². The molecule has 2 aromatic rings. The predicted octanol–water partition coefficient (Wildman–Crippen LogP) is 5.92. The Morgan fingerprint density at radius 1 is 0.966 bits per heavy atom. The number of benzene rings is 1. The van der Waals surface area contributed by atoms with Crippen molar-refractivity contribution in [3.8, 4) is 11.3 Å². The second-order valence-electron chi connectivity index (χ2n) is 17.6. The summed E-state index contributed by atoms with van der Waals surface area (Å²) in [6.07, 6.45) is 1.44. The molecule has 1 aromatic heterocycles. The van der Waals surface area contributed by atoms with Gasteiger partial charge >= 0.3 is 12.1 Å². The molecule has 328 valence electrons. The highest BCUT2D eigenvalue weighted by Gasteiger charge is 2.62. The second-order valence-corrected chi connectivity index (χ2v) is 17.6. The summed E-state index contributed by atoms with van der Waals surface area (Å²) in [7, 11) is 5.26. The number of methoxy groups -OCH3 is 1. The van der Waals surface area contributed by atoms with Crippen LogP contribution < -0.4 is 0 Å². The van der Waals surface area contributed by atoms with Crippen molar-refractivity contribution in [2.24, 2.45) is 23.7 Å². The zero-order chi connectivity index (χ0) is 43.4. The van der Waals surface area contributed by atoms with Crippen molar-refractivity contribution in [2.75, 3.05) is 27.7 Å². The van der Waals surface area contributed by atoms with Crippen molar-refractivity contribution < 1.29 is 48.0 Å². The van der Waals surface area contributed by atoms with Crippen LogP contribution in [0.4, 0.5) is 4.79 Å². The molecule has 1 amide bonds. The van der Waals surface area contributed by atoms with Crippen molar-refractivity contribution in [3.05, 3.63) is 42.9 Å². The first kappa shape index (κ1) is 46.4. The van der Waals surface area contributed by atoms with Crippen LogP contribution in [0.5, 0.6) is 0 Å². The van der Waals surface area contributed by atoms with E-state index < -0.39 is 83.4 Å². The maximum Gasteiger partial charge on any atom is 0.410 e. The average molecular weight is 825 g/mol. The number of aromatic nitrogens is 2. The highest BCUT2D eigenvalue weighted by Crippen LogP contribution is 2.45. The molecule has 14 heteroatoms. The van der Waals surface area contributed by atoms with Crippen molar-refractivity contribution in [2.45, 2.75) is 154 Å². The van der Waals surface area contributed by atoms with Gasteiger partial charge in [-0.3, -0.25) is 14.4 Å². The number of cyclic esters (lactones) is 1. The molecule has 3 aliphatic rings. The Bertz CT molecular complexity index is 1750. The van der Waals surface area contributed by atoms with Crippen LogP contribution in [-0.4, -0.2) is 130 Å². The Morgan fingerprint density at radius 3 is 2.27 bits per heavy atom. The Balaban J connectivity index is 1.46. The molecule has 5 rings (SSSR count). The zero-order valence-electron chi connectivity index (χ0n) is 37.0. The fourth-order valence-electron chi connectivity index (χ4n) is 9.81. The van der Waals surface area contributed by atoms with Gasteiger partial charge in [-0.15, -0.1) is 0 Å². The van der Waals surface area contributed by atoms with E-state index in [1.807, 2.05) is 94.7 Å². The standard InChI is InChI=1S/C45H68N4O10/c1-12-35-45(13-2)39(49(43(54)59-45)22-18-17-21-48-25-33(46-26-48)32-19-15-14-16-20-32)29(5)36(50)27(3)24-44(8,55-11)40(30(6)37(51)31(7)41(53)57-35)58-42-38(52)34(47(9)10)23-28(4)56-42/h14-16,19-20,25-31,34-35,38-40,42,52H,12-13,17-18,21-24H2,1-11H3/t27-,28-,29+,30+,31-,34+,35-,38-,39-,40-,42?,44+,45-/m1/s1. The third-order valence-corrected chi connectivity index (χ3v) is 13.3. The van der Waals surface area contributed by atoms with E-state index in [9.17, 15) is 24.3 Å². The number of esters is 1. The maximum absolute atomic E-state index is 14.8. The molecule has 1 N–H and O–H groups in total. The van der Waals surface area contributed by atoms with Crippen LogP contribution in [0.3, 0.4) is 0 Å². The number of carbonyl (C=O) groups is 4. The van der Waals surface area contributed by atoms with E-state index in [0.29, 0.717) is 25.9 Å². The molecule has 13 atom stereocenters. The molecule has 4 heterocycles. The third kappa shape index (κ3) is 9.62. The number of hydrogen-bond acceptors (Lipinski definition) is 12. The van der Waals surface area contributed by atoms with Gasteiger partial charge < -0.3 is 43.2 Å². The highest BCUT2D eigenvalue weighted by molar-refractivity contribution is 6.00. The number of imidazole rings is 1. The molecule has 3 fully saturated rings. The molecular formula is C45H68N4O10. The lowest BCUT2D eigenvalue weighted by atomic mass is 9.72. The van der Waals surface area contributed by atoms with Gasteiger partial charge in [0, 0.05) is 55.8 Å². The van der Waals surface area contributed by atoms with Gasteiger partial charge in [0.05, 0.1) is 35.9 Å². The number of aliphatic hydroxyl groups is 1. The SMILES string of the molecule is CC[C@H]1OC(=O)[C@H](C)C(=O)[C@H](C)[C@@H](OC2O[C@H](C)C[C@H](N(C)C)[C@H]2O)[C@@](C)(OC)C[C@@H](C)C(=O)[C@H](C)[C@H]2N(CCCCn3cnc(-c4ccccc4)c3)C(=O)O[C@]12CC. The molecule has 0 aliphatic carbocycles. The molecule has 3 saturated heterocycles. The van der Waals surface area contributed by atoms with Crippen LogP contribution in [0.2, 0.25) is 0 Å². The fraction of sp³-hybridized carbons (Fsp3) is 0.711. The number of rotatable bonds is 12. The average Bonchev–Trinajstić information content (AvgIpc) is 3.82. The van der Waals surface area contributed by atoms with Crippen LogP contribution in [0, 0.1) is 23.7 Å². The predicted molar refractivity (Wildman–Crippen MR) is 221 cm³/mol. The van der Waals surface area contributed by atoms with E-state index in [-0.39, 0.29) is 37.2 Å². The summed E-state index contributed by atoms with van der Waals surface area (Å²) < 4.78 is 33.6. The van der Waals surface area contributed by atoms with E-state index in [4.69, 9.17) is 23.7 Å². The van der Waals surface area contributed by atoms with Crippen molar-refractivity contribution in [1.82, 2.24) is 19.4 Å². The summed E-state index contributed by atoms with van der Waals surface area (Å²) in [6, 6.07) is 8.90. The molecule has 14 nitrogen and oxygen atoms in total. The second kappa shape index (κ2) is 19.4. The molecule has 0 spiro atoms. The summed E-state index contributed by atoms with van der Waals surface area (Å²) in [6.45, 7) is 15.2. The Morgan fingerprint density at radius 2 is 1.64 bits per heavy atom. The van der Waals surface area contributed by atoms with Gasteiger partial charge in [0.15, 0.2) is 17.7 Å². The number of carbonyl (C=O) groups excluding carboxylic acids is 4. The number of amides is 1. The molecule has 0 saturated carbocycles. The summed E-state index contributed by atoms with van der Waals surface area (Å²) in [5.41, 5.74) is -0.711. The van der Waals surface area contributed by atoms with Crippen LogP contribution in [0.25, 0.3) is 11.3 Å². The molecule has 1 aromatic carbocycles. The molecule has 59 heavy (non-hydrogen) atoms. The highest BCUT2D eigenvalue weighted by atomic mass is 16.7. The van der Waals surface area contributed by atoms with E-state index >= 15 is 0 Å². The van der Waals surface area contributed by atoms with Crippen molar-refractivity contribution >= 4 is 23.6 Å². The first-order valence-electron chi connectivity index (χ1n) is 21.5. The van der Waals surface area contributed by atoms with Crippen LogP contribution in [-0.2, 0) is 44.6 Å². The number of Topliss-reactive ketones (excluding diaryl/α,β-unsaturated/α-hetero) is 2. The summed E-state index contributed by atoms with van der Waals surface area (Å²) in [5, 5.41) is 11.5. The molecule has 0 bridgehead atoms. The minimum atomic E-state index is -1.35. The third-order valence-electron chi connectivity index (χ3n) is 13.3. The number of nitrogens with zero attached hydrogens (tertiary/aromatic N) is 4. The molecular weight excluding hydrogens is 757 g/mol. The normalized spacial score (nSPS) is 36.3. The van der Waals surface area contributed by atoms with Gasteiger partial charge in [0.25, 0.3) is 0 Å². The summed E-state index contributed by atoms with van der Waals surface area (Å²) in [4.78, 5) is 65.4. The van der Waals surface area contributed by atoms with Gasteiger partial charge in [0.2, 0.25) is 0 Å². The number of unbranched alkanes of at least 4 members (excludes halogenated alkanes) is 1. The number of ketones is 2. The minimum Gasteiger partial charge on any atom is -0.457 e. The van der Waals surface area contributed by atoms with E-state index in [1.165, 1.54) is 14.0 Å². The Labute approximate surface area is 350 Å². The van der Waals surface area contributed by atoms with Crippen molar-refractivity contribution in [3.63, 3.8) is 0 Å². The van der Waals surface area contributed by atoms with Crippen LogP contribution in [0.15, 0.2) is 42.9 Å². The number of likely N-dealkylation sites (N-methyl/N-ethyl adjacent to an activating group) is 1. The zero-order valence-corrected chi connectivity index (χ0v) is 37.0. The molecule has 1 unspecified atom stereocenters. The first-order valence-corrected chi connectivity index (χ1v) is 21.5.